The molecule has 0 bridgehead atoms. The summed E-state index contributed by atoms with van der Waals surface area (Å²) >= 11 is 3.08. The van der Waals surface area contributed by atoms with E-state index in [0.29, 0.717) is 10.0 Å². The molecule has 0 aliphatic heterocycles. The van der Waals surface area contributed by atoms with Gasteiger partial charge in [0.2, 0.25) is 0 Å². The highest BCUT2D eigenvalue weighted by molar-refractivity contribution is 9.10. The maximum atomic E-state index is 12.0. The molecule has 0 spiro atoms. The van der Waals surface area contributed by atoms with Gasteiger partial charge in [-0.2, -0.15) is 13.2 Å². The predicted molar refractivity (Wildman–Crippen MR) is 58.0 cm³/mol. The van der Waals surface area contributed by atoms with E-state index in [0.717, 1.165) is 0 Å². The number of nitrogens with two attached hydrogens (primary N) is 1. The van der Waals surface area contributed by atoms with Crippen molar-refractivity contribution in [2.75, 3.05) is 0 Å². The summed E-state index contributed by atoms with van der Waals surface area (Å²) in [6, 6.07) is 3.75. The summed E-state index contributed by atoms with van der Waals surface area (Å²) in [5.74, 6) is 0.0340. The van der Waals surface area contributed by atoms with Gasteiger partial charge in [0.05, 0.1) is 4.47 Å². The first-order valence-corrected chi connectivity index (χ1v) is 5.39. The molecule has 90 valence electrons. The van der Waals surface area contributed by atoms with Crippen LogP contribution in [-0.2, 0) is 0 Å². The van der Waals surface area contributed by atoms with Gasteiger partial charge in [0.1, 0.15) is 5.75 Å². The largest absolute Gasteiger partial charge is 0.507 e. The first kappa shape index (κ1) is 13.3. The van der Waals surface area contributed by atoms with Crippen LogP contribution >= 0.6 is 15.9 Å². The minimum atomic E-state index is -4.19. The number of hydrogen-bond acceptors (Lipinski definition) is 2. The molecule has 0 radical (unpaired) electrons. The summed E-state index contributed by atoms with van der Waals surface area (Å²) in [5, 5.41) is 9.22. The van der Waals surface area contributed by atoms with E-state index in [1.165, 1.54) is 18.2 Å². The number of alkyl halides is 3. The minimum absolute atomic E-state index is 0.0340. The normalized spacial score (nSPS) is 13.8. The van der Waals surface area contributed by atoms with Crippen molar-refractivity contribution in [2.45, 2.75) is 25.1 Å². The number of halogens is 4. The second-order valence-corrected chi connectivity index (χ2v) is 4.33. The number of hydrogen-bond donors (Lipinski definition) is 2. The van der Waals surface area contributed by atoms with Crippen LogP contribution in [0.3, 0.4) is 0 Å². The minimum Gasteiger partial charge on any atom is -0.507 e. The van der Waals surface area contributed by atoms with Gasteiger partial charge in [0, 0.05) is 12.5 Å². The Morgan fingerprint density at radius 3 is 2.50 bits per heavy atom. The van der Waals surface area contributed by atoms with Gasteiger partial charge in [-0.25, -0.2) is 0 Å². The molecule has 0 aromatic heterocycles. The van der Waals surface area contributed by atoms with E-state index in [4.69, 9.17) is 5.73 Å². The number of phenols is 1. The molecule has 1 rings (SSSR count). The lowest BCUT2D eigenvalue weighted by Crippen LogP contribution is -2.15. The Balaban J connectivity index is 2.66. The van der Waals surface area contributed by atoms with Crippen LogP contribution in [0.2, 0.25) is 0 Å². The standard InChI is InChI=1S/C10H11BrF3NO/c11-7-5-6(1-2-9(7)16)8(15)3-4-10(12,13)14/h1-2,5,8,16H,3-4,15H2/t8-/m1/s1. The lowest BCUT2D eigenvalue weighted by atomic mass is 10.0. The number of aromatic hydroxyl groups is 1. The van der Waals surface area contributed by atoms with E-state index in [1.54, 1.807) is 0 Å². The van der Waals surface area contributed by atoms with Crippen molar-refractivity contribution in [1.29, 1.82) is 0 Å². The number of benzene rings is 1. The molecule has 0 aliphatic rings. The van der Waals surface area contributed by atoms with Gasteiger partial charge >= 0.3 is 6.18 Å². The monoisotopic (exact) mass is 297 g/mol. The topological polar surface area (TPSA) is 46.2 Å². The molecule has 1 aromatic rings. The van der Waals surface area contributed by atoms with Crippen molar-refractivity contribution in [3.63, 3.8) is 0 Å². The third-order valence-electron chi connectivity index (χ3n) is 2.14. The Kier molecular flexibility index (Phi) is 4.21. The molecule has 1 atom stereocenters. The zero-order chi connectivity index (χ0) is 12.3. The lowest BCUT2D eigenvalue weighted by Gasteiger charge is -2.14. The van der Waals surface area contributed by atoms with Crippen molar-refractivity contribution in [1.82, 2.24) is 0 Å². The fraction of sp³-hybridized carbons (Fsp3) is 0.400. The molecule has 0 aliphatic carbocycles. The smallest absolute Gasteiger partial charge is 0.389 e. The van der Waals surface area contributed by atoms with Crippen molar-refractivity contribution in [2.24, 2.45) is 5.73 Å². The van der Waals surface area contributed by atoms with Gasteiger partial charge in [0.25, 0.3) is 0 Å². The van der Waals surface area contributed by atoms with Crippen molar-refractivity contribution in [3.05, 3.63) is 28.2 Å². The van der Waals surface area contributed by atoms with Gasteiger partial charge in [-0.05, 0) is 40.0 Å². The van der Waals surface area contributed by atoms with Crippen molar-refractivity contribution >= 4 is 15.9 Å². The van der Waals surface area contributed by atoms with Gasteiger partial charge in [-0.1, -0.05) is 6.07 Å². The maximum Gasteiger partial charge on any atom is 0.389 e. The lowest BCUT2D eigenvalue weighted by molar-refractivity contribution is -0.136. The molecular weight excluding hydrogens is 287 g/mol. The van der Waals surface area contributed by atoms with Crippen LogP contribution in [0.15, 0.2) is 22.7 Å². The predicted octanol–water partition coefficient (Wildman–Crippen LogP) is 3.50. The van der Waals surface area contributed by atoms with Crippen LogP contribution in [0.5, 0.6) is 5.75 Å². The molecule has 6 heteroatoms. The fourth-order valence-corrected chi connectivity index (χ4v) is 1.64. The van der Waals surface area contributed by atoms with Crippen LogP contribution in [0.4, 0.5) is 13.2 Å². The zero-order valence-electron chi connectivity index (χ0n) is 8.26. The molecule has 0 amide bonds. The average Bonchev–Trinajstić information content (AvgIpc) is 2.17. The van der Waals surface area contributed by atoms with Gasteiger partial charge < -0.3 is 10.8 Å². The number of rotatable bonds is 3. The van der Waals surface area contributed by atoms with E-state index in [-0.39, 0.29) is 12.2 Å². The number of phenolic OH excluding ortho intramolecular Hbond substituents is 1. The van der Waals surface area contributed by atoms with Gasteiger partial charge in [-0.15, -0.1) is 0 Å². The second kappa shape index (κ2) is 5.05. The molecule has 0 unspecified atom stereocenters. The molecule has 0 fully saturated rings. The first-order chi connectivity index (χ1) is 7.29. The summed E-state index contributed by atoms with van der Waals surface area (Å²) in [7, 11) is 0. The van der Waals surface area contributed by atoms with Crippen LogP contribution in [0, 0.1) is 0 Å². The highest BCUT2D eigenvalue weighted by atomic mass is 79.9. The maximum absolute atomic E-state index is 12.0. The molecule has 0 saturated carbocycles. The summed E-state index contributed by atoms with van der Waals surface area (Å²) in [4.78, 5) is 0. The van der Waals surface area contributed by atoms with E-state index < -0.39 is 18.6 Å². The second-order valence-electron chi connectivity index (χ2n) is 3.47. The molecule has 3 N–H and O–H groups in total. The molecule has 0 saturated heterocycles. The highest BCUT2D eigenvalue weighted by Crippen LogP contribution is 2.30. The first-order valence-electron chi connectivity index (χ1n) is 4.60. The van der Waals surface area contributed by atoms with Crippen LogP contribution in [0.1, 0.15) is 24.4 Å². The highest BCUT2D eigenvalue weighted by Gasteiger charge is 2.27. The van der Waals surface area contributed by atoms with E-state index >= 15 is 0 Å². The Morgan fingerprint density at radius 2 is 2.00 bits per heavy atom. The Bertz CT molecular complexity index is 368. The van der Waals surface area contributed by atoms with Crippen LogP contribution in [0.25, 0.3) is 0 Å². The SMILES string of the molecule is N[C@H](CCC(F)(F)F)c1ccc(O)c(Br)c1. The van der Waals surface area contributed by atoms with Crippen molar-refractivity contribution in [3.8, 4) is 5.75 Å². The molecule has 16 heavy (non-hydrogen) atoms. The van der Waals surface area contributed by atoms with E-state index in [2.05, 4.69) is 15.9 Å². The quantitative estimate of drug-likeness (QED) is 0.897. The summed E-state index contributed by atoms with van der Waals surface area (Å²) in [6.07, 6.45) is -5.26. The van der Waals surface area contributed by atoms with Crippen molar-refractivity contribution < 1.29 is 18.3 Å². The Labute approximate surface area is 99.4 Å². The zero-order valence-corrected chi connectivity index (χ0v) is 9.85. The van der Waals surface area contributed by atoms with Crippen LogP contribution < -0.4 is 5.73 Å². The molecule has 1 aromatic carbocycles. The van der Waals surface area contributed by atoms with Gasteiger partial charge in [0.15, 0.2) is 0 Å². The molecule has 0 heterocycles. The molecular formula is C10H11BrF3NO. The van der Waals surface area contributed by atoms with Crippen LogP contribution in [-0.4, -0.2) is 11.3 Å². The summed E-state index contributed by atoms with van der Waals surface area (Å²) < 4.78 is 36.3. The Morgan fingerprint density at radius 1 is 1.38 bits per heavy atom. The Hall–Kier alpha value is -0.750. The third kappa shape index (κ3) is 4.02. The van der Waals surface area contributed by atoms with E-state index in [9.17, 15) is 18.3 Å². The summed E-state index contributed by atoms with van der Waals surface area (Å²) in [6.45, 7) is 0. The third-order valence-corrected chi connectivity index (χ3v) is 2.77. The fourth-order valence-electron chi connectivity index (χ4n) is 1.24. The van der Waals surface area contributed by atoms with Gasteiger partial charge in [-0.3, -0.25) is 0 Å². The van der Waals surface area contributed by atoms with E-state index in [1.807, 2.05) is 0 Å². The molecule has 2 nitrogen and oxygen atoms in total. The average molecular weight is 298 g/mol. The summed E-state index contributed by atoms with van der Waals surface area (Å²) in [5.41, 5.74) is 6.18.